The Balaban J connectivity index is 2.44. The number of hydrogen-bond donors (Lipinski definition) is 1. The van der Waals surface area contributed by atoms with Gasteiger partial charge in [-0.3, -0.25) is 4.98 Å². The lowest BCUT2D eigenvalue weighted by molar-refractivity contribution is 0.545. The first kappa shape index (κ1) is 14.9. The Morgan fingerprint density at radius 3 is 2.75 bits per heavy atom. The lowest BCUT2D eigenvalue weighted by Crippen LogP contribution is -2.25. The molecule has 1 aromatic carbocycles. The molecule has 0 spiro atoms. The van der Waals surface area contributed by atoms with Crippen LogP contribution in [0.2, 0.25) is 5.02 Å². The first-order valence-corrected chi connectivity index (χ1v) is 7.10. The van der Waals surface area contributed by atoms with E-state index < -0.39 is 0 Å². The molecule has 0 saturated heterocycles. The minimum Gasteiger partial charge on any atom is -0.306 e. The van der Waals surface area contributed by atoms with E-state index in [9.17, 15) is 4.39 Å². The summed E-state index contributed by atoms with van der Waals surface area (Å²) in [6.45, 7) is 4.88. The van der Waals surface area contributed by atoms with E-state index in [1.165, 1.54) is 6.07 Å². The fourth-order valence-electron chi connectivity index (χ4n) is 2.22. The van der Waals surface area contributed by atoms with E-state index in [2.05, 4.69) is 17.2 Å². The molecule has 4 heteroatoms. The zero-order valence-corrected chi connectivity index (χ0v) is 12.4. The SMILES string of the molecule is CCCNC(c1ccncc1C)c1ccc(Cl)cc1F. The monoisotopic (exact) mass is 292 g/mol. The maximum Gasteiger partial charge on any atom is 0.129 e. The number of halogens is 2. The second-order valence-corrected chi connectivity index (χ2v) is 5.22. The Bertz CT molecular complexity index is 586. The molecule has 1 heterocycles. The van der Waals surface area contributed by atoms with Crippen LogP contribution < -0.4 is 5.32 Å². The van der Waals surface area contributed by atoms with E-state index in [1.54, 1.807) is 24.5 Å². The van der Waals surface area contributed by atoms with Gasteiger partial charge in [-0.25, -0.2) is 4.39 Å². The summed E-state index contributed by atoms with van der Waals surface area (Å²) in [6, 6.07) is 6.56. The van der Waals surface area contributed by atoms with Gasteiger partial charge in [-0.15, -0.1) is 0 Å². The highest BCUT2D eigenvalue weighted by Gasteiger charge is 2.19. The highest BCUT2D eigenvalue weighted by molar-refractivity contribution is 6.30. The van der Waals surface area contributed by atoms with Crippen molar-refractivity contribution in [1.82, 2.24) is 10.3 Å². The predicted molar refractivity (Wildman–Crippen MR) is 80.5 cm³/mol. The fourth-order valence-corrected chi connectivity index (χ4v) is 2.38. The van der Waals surface area contributed by atoms with Crippen molar-refractivity contribution in [2.75, 3.05) is 6.54 Å². The third-order valence-electron chi connectivity index (χ3n) is 3.25. The first-order valence-electron chi connectivity index (χ1n) is 6.72. The van der Waals surface area contributed by atoms with Crippen molar-refractivity contribution in [2.45, 2.75) is 26.3 Å². The van der Waals surface area contributed by atoms with E-state index in [1.807, 2.05) is 13.0 Å². The molecule has 0 aliphatic heterocycles. The van der Waals surface area contributed by atoms with Crippen LogP contribution in [-0.4, -0.2) is 11.5 Å². The Morgan fingerprint density at radius 1 is 1.30 bits per heavy atom. The molecule has 0 saturated carbocycles. The molecule has 2 nitrogen and oxygen atoms in total. The van der Waals surface area contributed by atoms with E-state index in [-0.39, 0.29) is 11.9 Å². The van der Waals surface area contributed by atoms with Crippen molar-refractivity contribution in [2.24, 2.45) is 0 Å². The zero-order chi connectivity index (χ0) is 14.5. The van der Waals surface area contributed by atoms with Crippen LogP contribution in [0.5, 0.6) is 0 Å². The normalized spacial score (nSPS) is 12.4. The molecular formula is C16H18ClFN2. The number of rotatable bonds is 5. The minimum atomic E-state index is -0.290. The van der Waals surface area contributed by atoms with E-state index in [4.69, 9.17) is 11.6 Å². The zero-order valence-electron chi connectivity index (χ0n) is 11.7. The fraction of sp³-hybridized carbons (Fsp3) is 0.312. The summed E-state index contributed by atoms with van der Waals surface area (Å²) in [5.41, 5.74) is 2.68. The summed E-state index contributed by atoms with van der Waals surface area (Å²) in [5, 5.41) is 3.80. The van der Waals surface area contributed by atoms with Gasteiger partial charge < -0.3 is 5.32 Å². The molecule has 1 unspecified atom stereocenters. The van der Waals surface area contributed by atoms with Crippen LogP contribution in [-0.2, 0) is 0 Å². The van der Waals surface area contributed by atoms with Gasteiger partial charge in [0.15, 0.2) is 0 Å². The number of benzene rings is 1. The van der Waals surface area contributed by atoms with Gasteiger partial charge in [0.25, 0.3) is 0 Å². The molecule has 1 aromatic heterocycles. The van der Waals surface area contributed by atoms with Gasteiger partial charge in [0.05, 0.1) is 6.04 Å². The van der Waals surface area contributed by atoms with Gasteiger partial charge in [-0.2, -0.15) is 0 Å². The third kappa shape index (κ3) is 3.35. The van der Waals surface area contributed by atoms with E-state index in [0.717, 1.165) is 24.1 Å². The molecule has 0 aliphatic rings. The van der Waals surface area contributed by atoms with Gasteiger partial charge in [0.1, 0.15) is 5.82 Å². The predicted octanol–water partition coefficient (Wildman–Crippen LogP) is 4.27. The van der Waals surface area contributed by atoms with Crippen LogP contribution in [0.25, 0.3) is 0 Å². The van der Waals surface area contributed by atoms with E-state index in [0.29, 0.717) is 10.6 Å². The first-order chi connectivity index (χ1) is 9.63. The summed E-state index contributed by atoms with van der Waals surface area (Å²) in [5.74, 6) is -0.290. The molecule has 1 atom stereocenters. The minimum absolute atomic E-state index is 0.185. The lowest BCUT2D eigenvalue weighted by atomic mass is 9.96. The molecule has 0 bridgehead atoms. The average Bonchev–Trinajstić information content (AvgIpc) is 2.42. The van der Waals surface area contributed by atoms with Crippen molar-refractivity contribution >= 4 is 11.6 Å². The number of aromatic nitrogens is 1. The molecule has 0 amide bonds. The Morgan fingerprint density at radius 2 is 2.10 bits per heavy atom. The van der Waals surface area contributed by atoms with Crippen LogP contribution in [0.4, 0.5) is 4.39 Å². The molecular weight excluding hydrogens is 275 g/mol. The van der Waals surface area contributed by atoms with Crippen molar-refractivity contribution in [1.29, 1.82) is 0 Å². The average molecular weight is 293 g/mol. The molecule has 20 heavy (non-hydrogen) atoms. The van der Waals surface area contributed by atoms with Crippen LogP contribution in [0.3, 0.4) is 0 Å². The quantitative estimate of drug-likeness (QED) is 0.890. The Kier molecular flexibility index (Phi) is 5.10. The molecule has 2 aromatic rings. The number of pyridine rings is 1. The van der Waals surface area contributed by atoms with Gasteiger partial charge in [-0.1, -0.05) is 24.6 Å². The number of aryl methyl sites for hydroxylation is 1. The Labute approximate surface area is 124 Å². The summed E-state index contributed by atoms with van der Waals surface area (Å²) < 4.78 is 14.2. The van der Waals surface area contributed by atoms with Gasteiger partial charge in [0.2, 0.25) is 0 Å². The molecule has 106 valence electrons. The molecule has 2 rings (SSSR count). The summed E-state index contributed by atoms with van der Waals surface area (Å²) in [7, 11) is 0. The number of nitrogens with one attached hydrogen (secondary N) is 1. The maximum atomic E-state index is 14.2. The van der Waals surface area contributed by atoms with Crippen molar-refractivity contribution in [3.05, 3.63) is 64.2 Å². The van der Waals surface area contributed by atoms with Crippen molar-refractivity contribution in [3.8, 4) is 0 Å². The summed E-state index contributed by atoms with van der Waals surface area (Å²) >= 11 is 5.83. The van der Waals surface area contributed by atoms with Gasteiger partial charge in [-0.05, 0) is 49.2 Å². The van der Waals surface area contributed by atoms with Crippen molar-refractivity contribution in [3.63, 3.8) is 0 Å². The summed E-state index contributed by atoms with van der Waals surface area (Å²) in [4.78, 5) is 4.10. The number of nitrogens with zero attached hydrogens (tertiary/aromatic N) is 1. The van der Waals surface area contributed by atoms with Crippen LogP contribution >= 0.6 is 11.6 Å². The molecule has 0 fully saturated rings. The Hall–Kier alpha value is -1.45. The summed E-state index contributed by atoms with van der Waals surface area (Å²) in [6.07, 6.45) is 4.51. The van der Waals surface area contributed by atoms with Crippen LogP contribution in [0.1, 0.15) is 36.1 Å². The van der Waals surface area contributed by atoms with Gasteiger partial charge in [0, 0.05) is 23.0 Å². The second kappa shape index (κ2) is 6.82. The molecule has 0 aliphatic carbocycles. The molecule has 0 radical (unpaired) electrons. The third-order valence-corrected chi connectivity index (χ3v) is 3.48. The smallest absolute Gasteiger partial charge is 0.129 e. The van der Waals surface area contributed by atoms with Crippen LogP contribution in [0.15, 0.2) is 36.7 Å². The topological polar surface area (TPSA) is 24.9 Å². The number of hydrogen-bond acceptors (Lipinski definition) is 2. The largest absolute Gasteiger partial charge is 0.306 e. The van der Waals surface area contributed by atoms with Gasteiger partial charge >= 0.3 is 0 Å². The maximum absolute atomic E-state index is 14.2. The second-order valence-electron chi connectivity index (χ2n) is 4.79. The van der Waals surface area contributed by atoms with Crippen molar-refractivity contribution < 1.29 is 4.39 Å². The highest BCUT2D eigenvalue weighted by atomic mass is 35.5. The molecule has 1 N–H and O–H groups in total. The standard InChI is InChI=1S/C16H18ClFN2/c1-3-7-20-16(13-6-8-19-10-11(13)2)14-5-4-12(17)9-15(14)18/h4-6,8-10,16,20H,3,7H2,1-2H3. The lowest BCUT2D eigenvalue weighted by Gasteiger charge is -2.21. The van der Waals surface area contributed by atoms with Crippen LogP contribution in [0, 0.1) is 12.7 Å². The highest BCUT2D eigenvalue weighted by Crippen LogP contribution is 2.28. The van der Waals surface area contributed by atoms with E-state index >= 15 is 0 Å².